The normalized spacial score (nSPS) is 10.1. The van der Waals surface area contributed by atoms with Crippen LogP contribution in [-0.2, 0) is 5.88 Å². The number of nitro benzene ring substituents is 1. The first-order chi connectivity index (χ1) is 6.06. The first-order valence-electron chi connectivity index (χ1n) is 3.24. The molecule has 0 bridgehead atoms. The number of nitro groups is 1. The van der Waals surface area contributed by atoms with Gasteiger partial charge in [-0.25, -0.2) is 8.78 Å². The highest BCUT2D eigenvalue weighted by Crippen LogP contribution is 2.21. The Morgan fingerprint density at radius 2 is 1.85 bits per heavy atom. The van der Waals surface area contributed by atoms with Crippen molar-refractivity contribution in [3.05, 3.63) is 39.4 Å². The Labute approximate surface area is 77.1 Å². The predicted octanol–water partition coefficient (Wildman–Crippen LogP) is 2.61. The Hall–Kier alpha value is -1.23. The summed E-state index contributed by atoms with van der Waals surface area (Å²) in [7, 11) is 0. The predicted molar refractivity (Wildman–Crippen MR) is 42.6 cm³/mol. The molecule has 1 aromatic rings. The van der Waals surface area contributed by atoms with E-state index in [9.17, 15) is 18.9 Å². The molecule has 1 rings (SSSR count). The summed E-state index contributed by atoms with van der Waals surface area (Å²) in [6.45, 7) is 0. The Morgan fingerprint density at radius 1 is 1.38 bits per heavy atom. The van der Waals surface area contributed by atoms with Crippen LogP contribution in [0, 0.1) is 21.7 Å². The molecular weight excluding hydrogens is 204 g/mol. The maximum Gasteiger partial charge on any atom is 0.275 e. The van der Waals surface area contributed by atoms with Gasteiger partial charge in [0.1, 0.15) is 11.6 Å². The molecule has 0 fully saturated rings. The van der Waals surface area contributed by atoms with Crippen LogP contribution >= 0.6 is 11.6 Å². The van der Waals surface area contributed by atoms with Crippen molar-refractivity contribution >= 4 is 17.3 Å². The SMILES string of the molecule is O=[N+]([O-])c1cc(F)c(CCl)c(F)c1. The van der Waals surface area contributed by atoms with Crippen molar-refractivity contribution in [2.45, 2.75) is 5.88 Å². The lowest BCUT2D eigenvalue weighted by Crippen LogP contribution is -1.96. The van der Waals surface area contributed by atoms with Crippen LogP contribution in [0.3, 0.4) is 0 Å². The number of nitrogens with zero attached hydrogens (tertiary/aromatic N) is 1. The van der Waals surface area contributed by atoms with Gasteiger partial charge in [0, 0.05) is 5.56 Å². The van der Waals surface area contributed by atoms with Crippen molar-refractivity contribution in [1.82, 2.24) is 0 Å². The molecule has 0 spiro atoms. The fourth-order valence-electron chi connectivity index (χ4n) is 0.823. The summed E-state index contributed by atoms with van der Waals surface area (Å²) in [5, 5.41) is 10.1. The van der Waals surface area contributed by atoms with Gasteiger partial charge in [-0.15, -0.1) is 11.6 Å². The van der Waals surface area contributed by atoms with Crippen molar-refractivity contribution in [3.8, 4) is 0 Å². The second-order valence-corrected chi connectivity index (χ2v) is 2.55. The van der Waals surface area contributed by atoms with Crippen LogP contribution in [0.25, 0.3) is 0 Å². The van der Waals surface area contributed by atoms with Crippen molar-refractivity contribution in [3.63, 3.8) is 0 Å². The largest absolute Gasteiger partial charge is 0.275 e. The van der Waals surface area contributed by atoms with Crippen LogP contribution in [0.4, 0.5) is 14.5 Å². The zero-order valence-corrected chi connectivity index (χ0v) is 7.02. The molecule has 0 aliphatic carbocycles. The lowest BCUT2D eigenvalue weighted by molar-refractivity contribution is -0.385. The van der Waals surface area contributed by atoms with Gasteiger partial charge in [-0.3, -0.25) is 10.1 Å². The van der Waals surface area contributed by atoms with Gasteiger partial charge in [0.15, 0.2) is 0 Å². The number of hydrogen-bond acceptors (Lipinski definition) is 2. The fraction of sp³-hybridized carbons (Fsp3) is 0.143. The average Bonchev–Trinajstić information content (AvgIpc) is 2.03. The number of benzene rings is 1. The molecule has 0 amide bonds. The number of alkyl halides is 1. The summed E-state index contributed by atoms with van der Waals surface area (Å²) in [5.41, 5.74) is -0.976. The van der Waals surface area contributed by atoms with Crippen LogP contribution in [0.1, 0.15) is 5.56 Å². The Balaban J connectivity index is 3.28. The lowest BCUT2D eigenvalue weighted by atomic mass is 10.2. The standard InChI is InChI=1S/C7H4ClF2NO2/c8-3-5-6(9)1-4(11(12)13)2-7(5)10/h1-2H,3H2. The van der Waals surface area contributed by atoms with Crippen LogP contribution in [0.15, 0.2) is 12.1 Å². The topological polar surface area (TPSA) is 43.1 Å². The second-order valence-electron chi connectivity index (χ2n) is 2.28. The highest BCUT2D eigenvalue weighted by atomic mass is 35.5. The number of non-ortho nitro benzene ring substituents is 1. The van der Waals surface area contributed by atoms with E-state index < -0.39 is 22.2 Å². The first-order valence-corrected chi connectivity index (χ1v) is 3.78. The molecule has 0 radical (unpaired) electrons. The van der Waals surface area contributed by atoms with Crippen LogP contribution in [-0.4, -0.2) is 4.92 Å². The molecule has 1 aromatic carbocycles. The molecule has 0 saturated heterocycles. The van der Waals surface area contributed by atoms with Gasteiger partial charge in [-0.1, -0.05) is 0 Å². The number of rotatable bonds is 2. The van der Waals surface area contributed by atoms with Gasteiger partial charge in [-0.2, -0.15) is 0 Å². The first kappa shape index (κ1) is 9.85. The van der Waals surface area contributed by atoms with Gasteiger partial charge in [0.2, 0.25) is 0 Å². The maximum atomic E-state index is 12.8. The van der Waals surface area contributed by atoms with Gasteiger partial charge < -0.3 is 0 Å². The minimum absolute atomic E-state index is 0.352. The zero-order chi connectivity index (χ0) is 10.0. The highest BCUT2D eigenvalue weighted by molar-refractivity contribution is 6.17. The van der Waals surface area contributed by atoms with E-state index >= 15 is 0 Å². The van der Waals surface area contributed by atoms with Crippen molar-refractivity contribution in [2.75, 3.05) is 0 Å². The Bertz CT molecular complexity index is 333. The third-order valence-electron chi connectivity index (χ3n) is 1.47. The third-order valence-corrected chi connectivity index (χ3v) is 1.74. The van der Waals surface area contributed by atoms with E-state index in [2.05, 4.69) is 0 Å². The smallest absolute Gasteiger partial charge is 0.258 e. The molecule has 0 aliphatic heterocycles. The molecule has 0 atom stereocenters. The van der Waals surface area contributed by atoms with E-state index in [1.165, 1.54) is 0 Å². The van der Waals surface area contributed by atoms with Crippen LogP contribution < -0.4 is 0 Å². The van der Waals surface area contributed by atoms with Gasteiger partial charge >= 0.3 is 0 Å². The molecule has 70 valence electrons. The fourth-order valence-corrected chi connectivity index (χ4v) is 1.08. The summed E-state index contributed by atoms with van der Waals surface area (Å²) in [4.78, 5) is 9.27. The van der Waals surface area contributed by atoms with Gasteiger partial charge in [0.25, 0.3) is 5.69 Å². The molecule has 0 heterocycles. The summed E-state index contributed by atoms with van der Waals surface area (Å²) < 4.78 is 25.7. The zero-order valence-electron chi connectivity index (χ0n) is 6.26. The minimum Gasteiger partial charge on any atom is -0.258 e. The Morgan fingerprint density at radius 3 is 2.15 bits per heavy atom. The molecule has 0 aliphatic rings. The van der Waals surface area contributed by atoms with E-state index in [0.29, 0.717) is 12.1 Å². The van der Waals surface area contributed by atoms with E-state index in [1.807, 2.05) is 0 Å². The van der Waals surface area contributed by atoms with E-state index in [-0.39, 0.29) is 11.4 Å². The molecule has 0 aromatic heterocycles. The van der Waals surface area contributed by atoms with Crippen molar-refractivity contribution in [2.24, 2.45) is 0 Å². The number of hydrogen-bond donors (Lipinski definition) is 0. The molecule has 3 nitrogen and oxygen atoms in total. The quantitative estimate of drug-likeness (QED) is 0.425. The summed E-state index contributed by atoms with van der Waals surface area (Å²) >= 11 is 5.22. The highest BCUT2D eigenvalue weighted by Gasteiger charge is 2.15. The minimum atomic E-state index is -0.998. The monoisotopic (exact) mass is 207 g/mol. The van der Waals surface area contributed by atoms with Gasteiger partial charge in [-0.05, 0) is 0 Å². The van der Waals surface area contributed by atoms with Crippen molar-refractivity contribution < 1.29 is 13.7 Å². The van der Waals surface area contributed by atoms with E-state index in [4.69, 9.17) is 11.6 Å². The molecule has 13 heavy (non-hydrogen) atoms. The number of halogens is 3. The average molecular weight is 208 g/mol. The summed E-state index contributed by atoms with van der Waals surface area (Å²) in [5.74, 6) is -2.35. The van der Waals surface area contributed by atoms with Crippen LogP contribution in [0.2, 0.25) is 0 Å². The molecule has 0 unspecified atom stereocenters. The summed E-state index contributed by atoms with van der Waals surface area (Å²) in [6.07, 6.45) is 0. The van der Waals surface area contributed by atoms with Crippen LogP contribution in [0.5, 0.6) is 0 Å². The van der Waals surface area contributed by atoms with E-state index in [1.54, 1.807) is 0 Å². The molecule has 0 N–H and O–H groups in total. The summed E-state index contributed by atoms with van der Waals surface area (Å²) in [6, 6.07) is 1.28. The molecule has 6 heteroatoms. The van der Waals surface area contributed by atoms with Crippen molar-refractivity contribution in [1.29, 1.82) is 0 Å². The lowest BCUT2D eigenvalue weighted by Gasteiger charge is -1.99. The van der Waals surface area contributed by atoms with Gasteiger partial charge in [0.05, 0.1) is 22.9 Å². The molecule has 0 saturated carbocycles. The molecular formula is C7H4ClF2NO2. The maximum absolute atomic E-state index is 12.8. The Kier molecular flexibility index (Phi) is 2.77. The third kappa shape index (κ3) is 1.92. The van der Waals surface area contributed by atoms with E-state index in [0.717, 1.165) is 0 Å². The second kappa shape index (κ2) is 3.66.